The fourth-order valence-electron chi connectivity index (χ4n) is 4.42. The third-order valence-electron chi connectivity index (χ3n) is 6.55. The van der Waals surface area contributed by atoms with E-state index in [4.69, 9.17) is 9.47 Å². The van der Waals surface area contributed by atoms with E-state index in [2.05, 4.69) is 21.2 Å². The van der Waals surface area contributed by atoms with Crippen LogP contribution in [0.5, 0.6) is 11.5 Å². The van der Waals surface area contributed by atoms with Crippen molar-refractivity contribution >= 4 is 43.5 Å². The Morgan fingerprint density at radius 3 is 2.29 bits per heavy atom. The molecule has 0 aromatic heterocycles. The fraction of sp³-hybridized carbons (Fsp3) is 0.333. The van der Waals surface area contributed by atoms with Gasteiger partial charge in [0.15, 0.2) is 11.5 Å². The highest BCUT2D eigenvalue weighted by atomic mass is 79.9. The molecular formula is C30H34BrN3O6S. The number of rotatable bonds is 12. The average molecular weight is 645 g/mol. The number of hydrogen-bond acceptors (Lipinski definition) is 6. The Labute approximate surface area is 249 Å². The molecule has 11 heteroatoms. The van der Waals surface area contributed by atoms with E-state index in [0.717, 1.165) is 26.2 Å². The molecule has 1 aliphatic rings. The summed E-state index contributed by atoms with van der Waals surface area (Å²) >= 11 is 3.44. The van der Waals surface area contributed by atoms with Gasteiger partial charge in [-0.1, -0.05) is 72.2 Å². The van der Waals surface area contributed by atoms with E-state index < -0.39 is 28.5 Å². The molecule has 0 saturated carbocycles. The molecule has 1 atom stereocenters. The Kier molecular flexibility index (Phi) is 9.93. The second kappa shape index (κ2) is 13.4. The number of hydrogen-bond donors (Lipinski definition) is 1. The summed E-state index contributed by atoms with van der Waals surface area (Å²) in [5, 5.41) is 2.97. The molecule has 1 aliphatic heterocycles. The van der Waals surface area contributed by atoms with Gasteiger partial charge in [0.25, 0.3) is 0 Å². The lowest BCUT2D eigenvalue weighted by atomic mass is 10.0. The van der Waals surface area contributed by atoms with Crippen molar-refractivity contribution in [3.05, 3.63) is 88.4 Å². The van der Waals surface area contributed by atoms with Crippen LogP contribution >= 0.6 is 15.9 Å². The molecule has 1 heterocycles. The number of carbonyl (C=O) groups excluding carboxylic acids is 2. The summed E-state index contributed by atoms with van der Waals surface area (Å²) in [5.74, 6) is 0.276. The first-order chi connectivity index (χ1) is 19.5. The molecule has 9 nitrogen and oxygen atoms in total. The number of nitrogens with zero attached hydrogens (tertiary/aromatic N) is 2. The van der Waals surface area contributed by atoms with E-state index >= 15 is 0 Å². The van der Waals surface area contributed by atoms with Gasteiger partial charge in [0.05, 0.1) is 11.9 Å². The van der Waals surface area contributed by atoms with Crippen LogP contribution < -0.4 is 19.1 Å². The van der Waals surface area contributed by atoms with Crippen molar-refractivity contribution < 1.29 is 27.5 Å². The van der Waals surface area contributed by atoms with Crippen LogP contribution in [0.1, 0.15) is 25.0 Å². The van der Waals surface area contributed by atoms with Crippen LogP contribution in [0, 0.1) is 5.92 Å². The van der Waals surface area contributed by atoms with E-state index in [-0.39, 0.29) is 37.3 Å². The Morgan fingerprint density at radius 1 is 0.951 bits per heavy atom. The lowest BCUT2D eigenvalue weighted by Gasteiger charge is -2.33. The van der Waals surface area contributed by atoms with Gasteiger partial charge in [-0.2, -0.15) is 0 Å². The molecular weight excluding hydrogens is 610 g/mol. The molecule has 2 amide bonds. The van der Waals surface area contributed by atoms with Crippen LogP contribution in [-0.2, 0) is 32.6 Å². The molecule has 0 fully saturated rings. The second-order valence-electron chi connectivity index (χ2n) is 10.3. The van der Waals surface area contributed by atoms with Crippen LogP contribution in [0.3, 0.4) is 0 Å². The zero-order chi connectivity index (χ0) is 29.6. The average Bonchev–Trinajstić information content (AvgIpc) is 3.41. The van der Waals surface area contributed by atoms with Gasteiger partial charge in [0.2, 0.25) is 28.6 Å². The zero-order valence-electron chi connectivity index (χ0n) is 23.2. The van der Waals surface area contributed by atoms with Crippen molar-refractivity contribution in [1.82, 2.24) is 10.2 Å². The monoisotopic (exact) mass is 643 g/mol. The van der Waals surface area contributed by atoms with Gasteiger partial charge in [0.1, 0.15) is 12.6 Å². The fourth-order valence-corrected chi connectivity index (χ4v) is 5.52. The van der Waals surface area contributed by atoms with Gasteiger partial charge in [-0.15, -0.1) is 0 Å². The minimum Gasteiger partial charge on any atom is -0.454 e. The van der Waals surface area contributed by atoms with Crippen molar-refractivity contribution in [2.45, 2.75) is 32.9 Å². The lowest BCUT2D eigenvalue weighted by molar-refractivity contribution is -0.140. The standard InChI is InChI=1S/C30H34BrN3O6S/c1-21(2)17-32-30(36)26(15-22-7-5-4-6-8-22)33(18-23-9-11-24(31)12-10-23)29(35)19-34(41(3,37)38)25-13-14-27-28(16-25)40-20-39-27/h4-14,16,21,26H,15,17-20H2,1-3H3,(H,32,36)/t26-/m0/s1. The highest BCUT2D eigenvalue weighted by Gasteiger charge is 2.33. The van der Waals surface area contributed by atoms with Gasteiger partial charge in [-0.05, 0) is 41.3 Å². The Hall–Kier alpha value is -3.57. The molecule has 0 radical (unpaired) electrons. The smallest absolute Gasteiger partial charge is 0.244 e. The van der Waals surface area contributed by atoms with E-state index in [1.54, 1.807) is 12.1 Å². The molecule has 0 aliphatic carbocycles. The molecule has 218 valence electrons. The third kappa shape index (κ3) is 8.23. The van der Waals surface area contributed by atoms with Gasteiger partial charge >= 0.3 is 0 Å². The Morgan fingerprint density at radius 2 is 1.63 bits per heavy atom. The number of anilines is 1. The second-order valence-corrected chi connectivity index (χ2v) is 13.1. The number of sulfonamides is 1. The summed E-state index contributed by atoms with van der Waals surface area (Å²) in [5.41, 5.74) is 1.93. The number of halogens is 1. The Balaban J connectivity index is 1.71. The van der Waals surface area contributed by atoms with Crippen molar-refractivity contribution in [1.29, 1.82) is 0 Å². The molecule has 4 rings (SSSR count). The summed E-state index contributed by atoms with van der Waals surface area (Å²) < 4.78 is 38.6. The predicted octanol–water partition coefficient (Wildman–Crippen LogP) is 4.36. The number of carbonyl (C=O) groups is 2. The van der Waals surface area contributed by atoms with E-state index in [1.165, 1.54) is 11.0 Å². The first kappa shape index (κ1) is 30.4. The molecule has 0 unspecified atom stereocenters. The van der Waals surface area contributed by atoms with E-state index in [0.29, 0.717) is 18.0 Å². The van der Waals surface area contributed by atoms with E-state index in [1.807, 2.05) is 68.4 Å². The van der Waals surface area contributed by atoms with E-state index in [9.17, 15) is 18.0 Å². The highest BCUT2D eigenvalue weighted by Crippen LogP contribution is 2.36. The number of amides is 2. The normalized spacial score (nSPS) is 13.1. The predicted molar refractivity (Wildman–Crippen MR) is 161 cm³/mol. The molecule has 0 bridgehead atoms. The molecule has 3 aromatic carbocycles. The SMILES string of the molecule is CC(C)CNC(=O)[C@H](Cc1ccccc1)N(Cc1ccc(Br)cc1)C(=O)CN(c1ccc2c(c1)OCO2)S(C)(=O)=O. The van der Waals surface area contributed by atoms with Crippen LogP contribution in [0.15, 0.2) is 77.3 Å². The molecule has 0 spiro atoms. The van der Waals surface area contributed by atoms with Crippen molar-refractivity contribution in [2.75, 3.05) is 30.4 Å². The molecule has 0 saturated heterocycles. The molecule has 3 aromatic rings. The summed E-state index contributed by atoms with van der Waals surface area (Å²) in [7, 11) is -3.89. The van der Waals surface area contributed by atoms with Crippen LogP contribution in [0.25, 0.3) is 0 Å². The van der Waals surface area contributed by atoms with Gasteiger partial charge in [-0.25, -0.2) is 8.42 Å². The maximum atomic E-state index is 14.1. The minimum atomic E-state index is -3.89. The largest absolute Gasteiger partial charge is 0.454 e. The summed E-state index contributed by atoms with van der Waals surface area (Å²) in [6.45, 7) is 4.07. The summed E-state index contributed by atoms with van der Waals surface area (Å²) in [6, 6.07) is 20.7. The first-order valence-corrected chi connectivity index (χ1v) is 15.9. The zero-order valence-corrected chi connectivity index (χ0v) is 25.7. The first-order valence-electron chi connectivity index (χ1n) is 13.2. The number of fused-ring (bicyclic) bond motifs is 1. The summed E-state index contributed by atoms with van der Waals surface area (Å²) in [6.07, 6.45) is 1.30. The van der Waals surface area contributed by atoms with Crippen LogP contribution in [-0.4, -0.2) is 57.3 Å². The van der Waals surface area contributed by atoms with Crippen molar-refractivity contribution in [3.8, 4) is 11.5 Å². The van der Waals surface area contributed by atoms with Crippen LogP contribution in [0.4, 0.5) is 5.69 Å². The minimum absolute atomic E-state index is 0.0320. The molecule has 1 N–H and O–H groups in total. The number of nitrogens with one attached hydrogen (secondary N) is 1. The number of ether oxygens (including phenoxy) is 2. The third-order valence-corrected chi connectivity index (χ3v) is 8.21. The maximum absolute atomic E-state index is 14.1. The van der Waals surface area contributed by atoms with Gasteiger partial charge < -0.3 is 19.7 Å². The topological polar surface area (TPSA) is 105 Å². The summed E-state index contributed by atoms with van der Waals surface area (Å²) in [4.78, 5) is 29.2. The lowest BCUT2D eigenvalue weighted by Crippen LogP contribution is -2.53. The molecule has 41 heavy (non-hydrogen) atoms. The van der Waals surface area contributed by atoms with Gasteiger partial charge in [0, 0.05) is 30.0 Å². The quantitative estimate of drug-likeness (QED) is 0.315. The highest BCUT2D eigenvalue weighted by molar-refractivity contribution is 9.10. The number of benzene rings is 3. The Bertz CT molecular complexity index is 1470. The van der Waals surface area contributed by atoms with Crippen molar-refractivity contribution in [2.24, 2.45) is 5.92 Å². The van der Waals surface area contributed by atoms with Crippen LogP contribution in [0.2, 0.25) is 0 Å². The van der Waals surface area contributed by atoms with Gasteiger partial charge in [-0.3, -0.25) is 13.9 Å². The van der Waals surface area contributed by atoms with Crippen molar-refractivity contribution in [3.63, 3.8) is 0 Å². The maximum Gasteiger partial charge on any atom is 0.244 e.